The summed E-state index contributed by atoms with van der Waals surface area (Å²) in [5.74, 6) is 0. The van der Waals surface area contributed by atoms with E-state index in [-0.39, 0.29) is 0 Å². The molecule has 3 nitrogen and oxygen atoms in total. The third kappa shape index (κ3) is 2.69. The van der Waals surface area contributed by atoms with Crippen molar-refractivity contribution in [1.29, 1.82) is 0 Å². The minimum Gasteiger partial charge on any atom is -0.328 e. The van der Waals surface area contributed by atoms with Crippen LogP contribution in [0.3, 0.4) is 0 Å². The first kappa shape index (κ1) is 10.4. The maximum Gasteiger partial charge on any atom is 0.00940 e. The molecule has 0 aromatic heterocycles. The van der Waals surface area contributed by atoms with Gasteiger partial charge in [0.25, 0.3) is 0 Å². The molecule has 1 aliphatic carbocycles. The van der Waals surface area contributed by atoms with Crippen LogP contribution in [0.15, 0.2) is 0 Å². The lowest BCUT2D eigenvalue weighted by Gasteiger charge is -2.31. The Bertz CT molecular complexity index is 175. The van der Waals surface area contributed by atoms with E-state index in [2.05, 4.69) is 17.3 Å². The van der Waals surface area contributed by atoms with Gasteiger partial charge in [-0.1, -0.05) is 0 Å². The van der Waals surface area contributed by atoms with Gasteiger partial charge in [-0.05, 0) is 52.2 Å². The normalized spacial score (nSPS) is 36.4. The molecule has 1 heterocycles. The fourth-order valence-corrected chi connectivity index (χ4v) is 2.68. The van der Waals surface area contributed by atoms with Gasteiger partial charge in [-0.15, -0.1) is 0 Å². The van der Waals surface area contributed by atoms with Gasteiger partial charge in [-0.2, -0.15) is 0 Å². The van der Waals surface area contributed by atoms with Gasteiger partial charge in [0.05, 0.1) is 0 Å². The highest BCUT2D eigenvalue weighted by Crippen LogP contribution is 2.19. The van der Waals surface area contributed by atoms with Gasteiger partial charge >= 0.3 is 0 Å². The van der Waals surface area contributed by atoms with E-state index in [9.17, 15) is 0 Å². The third-order valence-corrected chi connectivity index (χ3v) is 3.66. The second kappa shape index (κ2) is 4.60. The van der Waals surface area contributed by atoms with Crippen LogP contribution in [0.5, 0.6) is 0 Å². The van der Waals surface area contributed by atoms with Crippen molar-refractivity contribution in [3.05, 3.63) is 0 Å². The first-order chi connectivity index (χ1) is 6.74. The second-order valence-corrected chi connectivity index (χ2v) is 5.01. The zero-order valence-electron chi connectivity index (χ0n) is 9.21. The Morgan fingerprint density at radius 2 is 1.79 bits per heavy atom. The summed E-state index contributed by atoms with van der Waals surface area (Å²) in [6.07, 6.45) is 6.30. The molecule has 1 aliphatic heterocycles. The van der Waals surface area contributed by atoms with E-state index in [1.54, 1.807) is 0 Å². The third-order valence-electron chi connectivity index (χ3n) is 3.66. The van der Waals surface area contributed by atoms with E-state index in [4.69, 9.17) is 5.73 Å². The summed E-state index contributed by atoms with van der Waals surface area (Å²) in [5, 5.41) is 3.76. The Kier molecular flexibility index (Phi) is 3.42. The lowest BCUT2D eigenvalue weighted by atomic mass is 10.0. The van der Waals surface area contributed by atoms with Crippen LogP contribution in [0.2, 0.25) is 0 Å². The van der Waals surface area contributed by atoms with Crippen molar-refractivity contribution in [3.63, 3.8) is 0 Å². The lowest BCUT2D eigenvalue weighted by Crippen LogP contribution is -2.44. The van der Waals surface area contributed by atoms with Crippen molar-refractivity contribution in [1.82, 2.24) is 10.2 Å². The van der Waals surface area contributed by atoms with Crippen molar-refractivity contribution in [2.45, 2.75) is 50.2 Å². The Morgan fingerprint density at radius 1 is 1.07 bits per heavy atom. The summed E-state index contributed by atoms with van der Waals surface area (Å²) in [4.78, 5) is 2.42. The molecule has 0 aromatic rings. The molecule has 0 amide bonds. The van der Waals surface area contributed by atoms with E-state index >= 15 is 0 Å². The molecule has 3 heteroatoms. The standard InChI is InChI=1S/C11H23N3/c1-14-6-4-10(5-7-14)13-11-3-2-9(12)8-11/h9-11,13H,2-8,12H2,1H3. The van der Waals surface area contributed by atoms with Gasteiger partial charge in [0.2, 0.25) is 0 Å². The summed E-state index contributed by atoms with van der Waals surface area (Å²) >= 11 is 0. The van der Waals surface area contributed by atoms with Crippen LogP contribution in [0.4, 0.5) is 0 Å². The topological polar surface area (TPSA) is 41.3 Å². The first-order valence-corrected chi connectivity index (χ1v) is 5.94. The van der Waals surface area contributed by atoms with E-state index < -0.39 is 0 Å². The Labute approximate surface area is 87.0 Å². The zero-order chi connectivity index (χ0) is 9.97. The average molecular weight is 197 g/mol. The Morgan fingerprint density at radius 3 is 2.36 bits per heavy atom. The number of nitrogens with one attached hydrogen (secondary N) is 1. The smallest absolute Gasteiger partial charge is 0.00940 e. The summed E-state index contributed by atoms with van der Waals surface area (Å²) in [5.41, 5.74) is 5.90. The maximum absolute atomic E-state index is 5.90. The SMILES string of the molecule is CN1CCC(NC2CCC(N)C2)CC1. The molecule has 0 radical (unpaired) electrons. The van der Waals surface area contributed by atoms with E-state index in [1.165, 1.54) is 45.2 Å². The second-order valence-electron chi connectivity index (χ2n) is 5.01. The summed E-state index contributed by atoms with van der Waals surface area (Å²) in [7, 11) is 2.21. The molecule has 2 rings (SSSR count). The quantitative estimate of drug-likeness (QED) is 0.679. The highest BCUT2D eigenvalue weighted by molar-refractivity contribution is 4.86. The molecule has 2 fully saturated rings. The molecular formula is C11H23N3. The molecule has 2 aliphatic rings. The van der Waals surface area contributed by atoms with Crippen LogP contribution in [0.25, 0.3) is 0 Å². The van der Waals surface area contributed by atoms with Gasteiger partial charge in [0, 0.05) is 18.1 Å². The number of nitrogens with zero attached hydrogens (tertiary/aromatic N) is 1. The number of hydrogen-bond acceptors (Lipinski definition) is 3. The molecule has 1 saturated heterocycles. The predicted octanol–water partition coefficient (Wildman–Crippen LogP) is 0.550. The molecule has 82 valence electrons. The molecule has 2 atom stereocenters. The van der Waals surface area contributed by atoms with Crippen molar-refractivity contribution >= 4 is 0 Å². The number of likely N-dealkylation sites (tertiary alicyclic amines) is 1. The fraction of sp³-hybridized carbons (Fsp3) is 1.00. The summed E-state index contributed by atoms with van der Waals surface area (Å²) in [6, 6.07) is 1.92. The van der Waals surface area contributed by atoms with Gasteiger partial charge in [-0.25, -0.2) is 0 Å². The fourth-order valence-electron chi connectivity index (χ4n) is 2.68. The zero-order valence-corrected chi connectivity index (χ0v) is 9.21. The largest absolute Gasteiger partial charge is 0.328 e. The van der Waals surface area contributed by atoms with Crippen molar-refractivity contribution in [3.8, 4) is 0 Å². The minimum atomic E-state index is 0.457. The molecule has 3 N–H and O–H groups in total. The average Bonchev–Trinajstić information content (AvgIpc) is 2.56. The van der Waals surface area contributed by atoms with E-state index in [0.717, 1.165) is 6.04 Å². The lowest BCUT2D eigenvalue weighted by molar-refractivity contribution is 0.224. The molecular weight excluding hydrogens is 174 g/mol. The van der Waals surface area contributed by atoms with Crippen LogP contribution in [0.1, 0.15) is 32.1 Å². The van der Waals surface area contributed by atoms with Crippen LogP contribution in [-0.4, -0.2) is 43.2 Å². The van der Waals surface area contributed by atoms with E-state index in [0.29, 0.717) is 12.1 Å². The van der Waals surface area contributed by atoms with Crippen LogP contribution >= 0.6 is 0 Å². The maximum atomic E-state index is 5.90. The van der Waals surface area contributed by atoms with Gasteiger partial charge in [0.1, 0.15) is 0 Å². The Balaban J connectivity index is 1.70. The summed E-state index contributed by atoms with van der Waals surface area (Å²) < 4.78 is 0. The number of piperidine rings is 1. The number of nitrogens with two attached hydrogens (primary N) is 1. The van der Waals surface area contributed by atoms with Crippen molar-refractivity contribution in [2.75, 3.05) is 20.1 Å². The number of rotatable bonds is 2. The predicted molar refractivity (Wildman–Crippen MR) is 59.3 cm³/mol. The van der Waals surface area contributed by atoms with Crippen LogP contribution in [-0.2, 0) is 0 Å². The van der Waals surface area contributed by atoms with E-state index in [1.807, 2.05) is 0 Å². The van der Waals surface area contributed by atoms with Gasteiger partial charge in [0.15, 0.2) is 0 Å². The molecule has 1 saturated carbocycles. The van der Waals surface area contributed by atoms with Crippen LogP contribution < -0.4 is 11.1 Å². The van der Waals surface area contributed by atoms with Crippen molar-refractivity contribution < 1.29 is 0 Å². The monoisotopic (exact) mass is 197 g/mol. The number of hydrogen-bond donors (Lipinski definition) is 2. The molecule has 2 unspecified atom stereocenters. The Hall–Kier alpha value is -0.120. The van der Waals surface area contributed by atoms with Crippen molar-refractivity contribution in [2.24, 2.45) is 5.73 Å². The van der Waals surface area contributed by atoms with Gasteiger partial charge < -0.3 is 16.0 Å². The molecule has 0 aromatic carbocycles. The minimum absolute atomic E-state index is 0.457. The molecule has 0 spiro atoms. The molecule has 0 bridgehead atoms. The highest BCUT2D eigenvalue weighted by Gasteiger charge is 2.25. The summed E-state index contributed by atoms with van der Waals surface area (Å²) in [6.45, 7) is 2.49. The molecule has 14 heavy (non-hydrogen) atoms. The van der Waals surface area contributed by atoms with Crippen LogP contribution in [0, 0.1) is 0 Å². The highest BCUT2D eigenvalue weighted by atomic mass is 15.1. The first-order valence-electron chi connectivity index (χ1n) is 5.94. The van der Waals surface area contributed by atoms with Gasteiger partial charge in [-0.3, -0.25) is 0 Å².